The molecule has 0 aliphatic heterocycles. The van der Waals surface area contributed by atoms with E-state index in [9.17, 15) is 9.59 Å². The van der Waals surface area contributed by atoms with Crippen molar-refractivity contribution in [1.29, 1.82) is 0 Å². The van der Waals surface area contributed by atoms with Gasteiger partial charge in [0, 0.05) is 12.0 Å². The van der Waals surface area contributed by atoms with E-state index in [-0.39, 0.29) is 0 Å². The maximum Gasteiger partial charge on any atom is 0.150 e. The highest BCUT2D eigenvalue weighted by Gasteiger charge is 1.86. The zero-order valence-electron chi connectivity index (χ0n) is 10.6. The number of hydrogen-bond acceptors (Lipinski definition) is 2. The highest BCUT2D eigenvalue weighted by molar-refractivity contribution is 5.74. The Morgan fingerprint density at radius 3 is 2.06 bits per heavy atom. The smallest absolute Gasteiger partial charge is 0.150 e. The molecular formula is C15H22O2. The molecule has 94 valence electrons. The number of rotatable bonds is 7. The maximum absolute atomic E-state index is 10.0. The molecule has 0 spiro atoms. The van der Waals surface area contributed by atoms with Crippen LogP contribution in [-0.2, 0) is 4.79 Å². The molecule has 0 heterocycles. The van der Waals surface area contributed by atoms with E-state index in [1.807, 2.05) is 18.2 Å². The topological polar surface area (TPSA) is 34.1 Å². The van der Waals surface area contributed by atoms with Gasteiger partial charge < -0.3 is 4.79 Å². The normalized spacial score (nSPS) is 9.00. The fourth-order valence-electron chi connectivity index (χ4n) is 1.36. The largest absolute Gasteiger partial charge is 0.303 e. The van der Waals surface area contributed by atoms with Crippen LogP contribution in [0.15, 0.2) is 30.3 Å². The first-order valence-electron chi connectivity index (χ1n) is 6.29. The Kier molecular flexibility index (Phi) is 11.6. The van der Waals surface area contributed by atoms with Gasteiger partial charge in [0.15, 0.2) is 0 Å². The molecule has 17 heavy (non-hydrogen) atoms. The quantitative estimate of drug-likeness (QED) is 0.527. The lowest BCUT2D eigenvalue weighted by molar-refractivity contribution is -0.107. The summed E-state index contributed by atoms with van der Waals surface area (Å²) < 4.78 is 0. The van der Waals surface area contributed by atoms with Gasteiger partial charge in [-0.15, -0.1) is 0 Å². The van der Waals surface area contributed by atoms with Crippen LogP contribution in [0.4, 0.5) is 0 Å². The minimum Gasteiger partial charge on any atom is -0.303 e. The minimum absolute atomic E-state index is 0.729. The van der Waals surface area contributed by atoms with Gasteiger partial charge in [-0.05, 0) is 6.42 Å². The highest BCUT2D eigenvalue weighted by Crippen LogP contribution is 2.02. The molecule has 2 heteroatoms. The number of carbonyl (C=O) groups is 2. The van der Waals surface area contributed by atoms with Crippen LogP contribution in [0.25, 0.3) is 0 Å². The molecule has 0 saturated heterocycles. The Morgan fingerprint density at radius 1 is 0.941 bits per heavy atom. The molecule has 0 bridgehead atoms. The van der Waals surface area contributed by atoms with Crippen LogP contribution in [0, 0.1) is 0 Å². The van der Waals surface area contributed by atoms with Gasteiger partial charge in [0.2, 0.25) is 0 Å². The third-order valence-electron chi connectivity index (χ3n) is 2.36. The van der Waals surface area contributed by atoms with Crippen LogP contribution in [0.3, 0.4) is 0 Å². The third kappa shape index (κ3) is 10.8. The standard InChI is InChI=1S/C8H16O.C7H6O/c1-2-3-4-5-6-7-8-9;8-6-7-4-2-1-3-5-7/h8H,2-7H2,1H3;1-6H. The summed E-state index contributed by atoms with van der Waals surface area (Å²) in [5.41, 5.74) is 0.729. The number of hydrogen-bond donors (Lipinski definition) is 0. The molecule has 2 nitrogen and oxygen atoms in total. The van der Waals surface area contributed by atoms with E-state index in [1.54, 1.807) is 12.1 Å². The van der Waals surface area contributed by atoms with Crippen molar-refractivity contribution in [3.05, 3.63) is 35.9 Å². The van der Waals surface area contributed by atoms with Gasteiger partial charge in [-0.25, -0.2) is 0 Å². The number of carbonyl (C=O) groups excluding carboxylic acids is 2. The predicted molar refractivity (Wildman–Crippen MR) is 71.3 cm³/mol. The Bertz CT molecular complexity index is 280. The third-order valence-corrected chi connectivity index (χ3v) is 2.36. The lowest BCUT2D eigenvalue weighted by Gasteiger charge is -1.93. The average Bonchev–Trinajstić information content (AvgIpc) is 2.40. The Labute approximate surface area is 104 Å². The molecule has 0 aliphatic carbocycles. The number of unbranched alkanes of at least 4 members (excludes halogenated alkanes) is 5. The van der Waals surface area contributed by atoms with Crippen LogP contribution in [0.5, 0.6) is 0 Å². The molecular weight excluding hydrogens is 212 g/mol. The van der Waals surface area contributed by atoms with Crippen molar-refractivity contribution < 1.29 is 9.59 Å². The van der Waals surface area contributed by atoms with Gasteiger partial charge in [-0.3, -0.25) is 4.79 Å². The molecule has 0 saturated carbocycles. The Hall–Kier alpha value is -1.44. The van der Waals surface area contributed by atoms with Gasteiger partial charge in [-0.1, -0.05) is 62.9 Å². The zero-order valence-corrected chi connectivity index (χ0v) is 10.6. The van der Waals surface area contributed by atoms with Crippen LogP contribution < -0.4 is 0 Å². The molecule has 0 fully saturated rings. The first kappa shape index (κ1) is 15.6. The second kappa shape index (κ2) is 12.6. The summed E-state index contributed by atoms with van der Waals surface area (Å²) in [6.45, 7) is 2.19. The summed E-state index contributed by atoms with van der Waals surface area (Å²) in [6.07, 6.45) is 8.80. The molecule has 0 N–H and O–H groups in total. The van der Waals surface area contributed by atoms with Gasteiger partial charge in [0.25, 0.3) is 0 Å². The van der Waals surface area contributed by atoms with Gasteiger partial charge in [-0.2, -0.15) is 0 Å². The van der Waals surface area contributed by atoms with E-state index in [1.165, 1.54) is 25.7 Å². The van der Waals surface area contributed by atoms with Crippen molar-refractivity contribution in [2.24, 2.45) is 0 Å². The first-order valence-corrected chi connectivity index (χ1v) is 6.29. The Balaban J connectivity index is 0.000000302. The summed E-state index contributed by atoms with van der Waals surface area (Å²) >= 11 is 0. The Morgan fingerprint density at radius 2 is 1.59 bits per heavy atom. The van der Waals surface area contributed by atoms with Crippen molar-refractivity contribution in [3.8, 4) is 0 Å². The van der Waals surface area contributed by atoms with Crippen LogP contribution in [-0.4, -0.2) is 12.6 Å². The monoisotopic (exact) mass is 234 g/mol. The molecule has 0 atom stereocenters. The summed E-state index contributed by atoms with van der Waals surface area (Å²) in [5.74, 6) is 0. The van der Waals surface area contributed by atoms with E-state index in [2.05, 4.69) is 6.92 Å². The summed E-state index contributed by atoms with van der Waals surface area (Å²) in [7, 11) is 0. The molecule has 0 amide bonds. The molecule has 0 unspecified atom stereocenters. The minimum atomic E-state index is 0.729. The van der Waals surface area contributed by atoms with E-state index >= 15 is 0 Å². The number of aldehydes is 2. The van der Waals surface area contributed by atoms with Crippen LogP contribution in [0.1, 0.15) is 55.8 Å². The van der Waals surface area contributed by atoms with E-state index in [0.29, 0.717) is 0 Å². The average molecular weight is 234 g/mol. The van der Waals surface area contributed by atoms with Gasteiger partial charge >= 0.3 is 0 Å². The van der Waals surface area contributed by atoms with E-state index in [4.69, 9.17) is 0 Å². The van der Waals surface area contributed by atoms with Gasteiger partial charge in [0.1, 0.15) is 12.6 Å². The van der Waals surface area contributed by atoms with Crippen molar-refractivity contribution in [2.75, 3.05) is 0 Å². The first-order chi connectivity index (χ1) is 8.35. The van der Waals surface area contributed by atoms with Crippen LogP contribution in [0.2, 0.25) is 0 Å². The summed E-state index contributed by atoms with van der Waals surface area (Å²) in [4.78, 5) is 19.8. The summed E-state index contributed by atoms with van der Waals surface area (Å²) in [6, 6.07) is 9.10. The maximum atomic E-state index is 10.0. The lowest BCUT2D eigenvalue weighted by Crippen LogP contribution is -1.78. The molecule has 0 radical (unpaired) electrons. The van der Waals surface area contributed by atoms with E-state index < -0.39 is 0 Å². The second-order valence-electron chi connectivity index (χ2n) is 3.90. The van der Waals surface area contributed by atoms with Crippen molar-refractivity contribution in [1.82, 2.24) is 0 Å². The summed E-state index contributed by atoms with van der Waals surface area (Å²) in [5, 5.41) is 0. The fourth-order valence-corrected chi connectivity index (χ4v) is 1.36. The number of benzene rings is 1. The van der Waals surface area contributed by atoms with Crippen molar-refractivity contribution in [3.63, 3.8) is 0 Å². The molecule has 1 aromatic rings. The lowest BCUT2D eigenvalue weighted by atomic mass is 10.1. The highest BCUT2D eigenvalue weighted by atomic mass is 16.1. The predicted octanol–water partition coefficient (Wildman–Crippen LogP) is 4.04. The van der Waals surface area contributed by atoms with Crippen LogP contribution >= 0.6 is 0 Å². The second-order valence-corrected chi connectivity index (χ2v) is 3.90. The molecule has 1 aromatic carbocycles. The van der Waals surface area contributed by atoms with Crippen molar-refractivity contribution >= 4 is 12.6 Å². The SMILES string of the molecule is CCCCCCCC=O.O=Cc1ccccc1. The zero-order chi connectivity index (χ0) is 12.8. The van der Waals surface area contributed by atoms with E-state index in [0.717, 1.165) is 31.0 Å². The van der Waals surface area contributed by atoms with Crippen molar-refractivity contribution in [2.45, 2.75) is 45.4 Å². The molecule has 1 rings (SSSR count). The molecule has 0 aliphatic rings. The fraction of sp³-hybridized carbons (Fsp3) is 0.467. The molecule has 0 aromatic heterocycles. The van der Waals surface area contributed by atoms with Gasteiger partial charge in [0.05, 0.1) is 0 Å².